The average molecular weight is 392 g/mol. The standard InChI is InChI=1S/C19H16N6O2S/c26-17-8-7-16(24-11-4-9-21-24)23-25(17)12-10-20-18(27)15-13-28-19(22-15)14-5-2-1-3-6-14/h1-9,11,13H,10,12H2,(H,20,27). The minimum atomic E-state index is -0.283. The van der Waals surface area contributed by atoms with Gasteiger partial charge in [-0.25, -0.2) is 14.3 Å². The maximum atomic E-state index is 12.3. The summed E-state index contributed by atoms with van der Waals surface area (Å²) in [5, 5.41) is 13.6. The van der Waals surface area contributed by atoms with E-state index < -0.39 is 0 Å². The molecule has 0 unspecified atom stereocenters. The van der Waals surface area contributed by atoms with Crippen LogP contribution in [0.15, 0.2) is 71.1 Å². The van der Waals surface area contributed by atoms with Crippen LogP contribution in [0.2, 0.25) is 0 Å². The first kappa shape index (κ1) is 17.8. The highest BCUT2D eigenvalue weighted by Gasteiger charge is 2.11. The first-order chi connectivity index (χ1) is 13.7. The van der Waals surface area contributed by atoms with Gasteiger partial charge >= 0.3 is 0 Å². The molecule has 3 aromatic heterocycles. The molecule has 0 aliphatic carbocycles. The number of carbonyl (C=O) groups is 1. The number of thiazole rings is 1. The van der Waals surface area contributed by atoms with Gasteiger partial charge in [0.15, 0.2) is 5.82 Å². The molecule has 0 spiro atoms. The molecule has 4 aromatic rings. The summed E-state index contributed by atoms with van der Waals surface area (Å²) in [6, 6.07) is 14.5. The van der Waals surface area contributed by atoms with E-state index in [1.165, 1.54) is 22.1 Å². The fourth-order valence-corrected chi connectivity index (χ4v) is 3.39. The van der Waals surface area contributed by atoms with Crippen molar-refractivity contribution in [1.29, 1.82) is 0 Å². The molecule has 28 heavy (non-hydrogen) atoms. The van der Waals surface area contributed by atoms with Crippen LogP contribution in [0.25, 0.3) is 16.4 Å². The molecular weight excluding hydrogens is 376 g/mol. The minimum absolute atomic E-state index is 0.245. The minimum Gasteiger partial charge on any atom is -0.349 e. The molecule has 3 heterocycles. The topological polar surface area (TPSA) is 94.7 Å². The Morgan fingerprint density at radius 2 is 1.96 bits per heavy atom. The summed E-state index contributed by atoms with van der Waals surface area (Å²) >= 11 is 1.41. The van der Waals surface area contributed by atoms with Crippen molar-refractivity contribution in [2.24, 2.45) is 0 Å². The van der Waals surface area contributed by atoms with Crippen molar-refractivity contribution in [1.82, 2.24) is 29.9 Å². The van der Waals surface area contributed by atoms with E-state index in [1.807, 2.05) is 30.3 Å². The third kappa shape index (κ3) is 3.89. The van der Waals surface area contributed by atoms with Gasteiger partial charge < -0.3 is 5.32 Å². The van der Waals surface area contributed by atoms with E-state index >= 15 is 0 Å². The summed E-state index contributed by atoms with van der Waals surface area (Å²) in [7, 11) is 0. The maximum absolute atomic E-state index is 12.3. The van der Waals surface area contributed by atoms with Crippen molar-refractivity contribution in [2.45, 2.75) is 6.54 Å². The van der Waals surface area contributed by atoms with Crippen molar-refractivity contribution in [2.75, 3.05) is 6.54 Å². The highest BCUT2D eigenvalue weighted by Crippen LogP contribution is 2.23. The molecule has 0 atom stereocenters. The lowest BCUT2D eigenvalue weighted by Crippen LogP contribution is -2.32. The number of aromatic nitrogens is 5. The normalized spacial score (nSPS) is 10.7. The van der Waals surface area contributed by atoms with Gasteiger partial charge in [0.25, 0.3) is 11.5 Å². The van der Waals surface area contributed by atoms with Gasteiger partial charge in [-0.3, -0.25) is 9.59 Å². The first-order valence-electron chi connectivity index (χ1n) is 8.58. The molecule has 0 radical (unpaired) electrons. The number of nitrogens with one attached hydrogen (secondary N) is 1. The van der Waals surface area contributed by atoms with Crippen LogP contribution in [0.5, 0.6) is 0 Å². The van der Waals surface area contributed by atoms with Crippen LogP contribution >= 0.6 is 11.3 Å². The Hall–Kier alpha value is -3.59. The lowest BCUT2D eigenvalue weighted by atomic mass is 10.2. The van der Waals surface area contributed by atoms with Crippen molar-refractivity contribution in [3.05, 3.63) is 82.4 Å². The van der Waals surface area contributed by atoms with Crippen LogP contribution < -0.4 is 10.9 Å². The Bertz CT molecular complexity index is 1130. The summed E-state index contributed by atoms with van der Waals surface area (Å²) in [4.78, 5) is 28.7. The van der Waals surface area contributed by atoms with Crippen LogP contribution in [-0.2, 0) is 6.54 Å². The Balaban J connectivity index is 1.39. The second kappa shape index (κ2) is 7.97. The third-order valence-corrected chi connectivity index (χ3v) is 4.85. The van der Waals surface area contributed by atoms with E-state index in [2.05, 4.69) is 20.5 Å². The molecule has 0 bridgehead atoms. The smallest absolute Gasteiger partial charge is 0.270 e. The van der Waals surface area contributed by atoms with E-state index in [-0.39, 0.29) is 24.6 Å². The number of nitrogens with zero attached hydrogens (tertiary/aromatic N) is 5. The zero-order valence-corrected chi connectivity index (χ0v) is 15.5. The largest absolute Gasteiger partial charge is 0.349 e. The number of amides is 1. The third-order valence-electron chi connectivity index (χ3n) is 3.96. The molecule has 4 rings (SSSR count). The fourth-order valence-electron chi connectivity index (χ4n) is 2.58. The number of benzene rings is 1. The predicted molar refractivity (Wildman–Crippen MR) is 106 cm³/mol. The fraction of sp³-hybridized carbons (Fsp3) is 0.105. The summed E-state index contributed by atoms with van der Waals surface area (Å²) in [6.07, 6.45) is 3.38. The highest BCUT2D eigenvalue weighted by molar-refractivity contribution is 7.13. The average Bonchev–Trinajstić information content (AvgIpc) is 3.42. The molecule has 0 fully saturated rings. The highest BCUT2D eigenvalue weighted by atomic mass is 32.1. The van der Waals surface area contributed by atoms with E-state index in [0.717, 1.165) is 10.6 Å². The van der Waals surface area contributed by atoms with Crippen LogP contribution in [0.3, 0.4) is 0 Å². The molecule has 0 saturated carbocycles. The number of rotatable bonds is 6. The van der Waals surface area contributed by atoms with Gasteiger partial charge in [0.05, 0.1) is 6.54 Å². The Morgan fingerprint density at radius 3 is 2.75 bits per heavy atom. The monoisotopic (exact) mass is 392 g/mol. The molecule has 1 aromatic carbocycles. The van der Waals surface area contributed by atoms with Gasteiger partial charge in [-0.2, -0.15) is 5.10 Å². The van der Waals surface area contributed by atoms with Crippen LogP contribution in [0.4, 0.5) is 0 Å². The predicted octanol–water partition coefficient (Wildman–Crippen LogP) is 1.98. The van der Waals surface area contributed by atoms with Crippen molar-refractivity contribution < 1.29 is 4.79 Å². The molecule has 0 aliphatic rings. The zero-order chi connectivity index (χ0) is 19.3. The van der Waals surface area contributed by atoms with Gasteiger partial charge in [0.1, 0.15) is 10.7 Å². The molecule has 1 amide bonds. The lowest BCUT2D eigenvalue weighted by molar-refractivity contribution is 0.0947. The molecule has 0 saturated heterocycles. The Kier molecular flexibility index (Phi) is 5.07. The Labute approximate surface area is 164 Å². The quantitative estimate of drug-likeness (QED) is 0.541. The lowest BCUT2D eigenvalue weighted by Gasteiger charge is -2.07. The Morgan fingerprint density at radius 1 is 1.11 bits per heavy atom. The summed E-state index contributed by atoms with van der Waals surface area (Å²) in [6.45, 7) is 0.502. The zero-order valence-electron chi connectivity index (χ0n) is 14.7. The van der Waals surface area contributed by atoms with Gasteiger partial charge in [0.2, 0.25) is 0 Å². The molecular formula is C19H16N6O2S. The molecule has 0 aliphatic heterocycles. The van der Waals surface area contributed by atoms with Gasteiger partial charge in [-0.15, -0.1) is 16.4 Å². The van der Waals surface area contributed by atoms with E-state index in [0.29, 0.717) is 11.5 Å². The van der Waals surface area contributed by atoms with E-state index in [1.54, 1.807) is 34.6 Å². The molecule has 1 N–H and O–H groups in total. The van der Waals surface area contributed by atoms with Crippen molar-refractivity contribution >= 4 is 17.2 Å². The van der Waals surface area contributed by atoms with Gasteiger partial charge in [0, 0.05) is 35.9 Å². The number of hydrogen-bond donors (Lipinski definition) is 1. The van der Waals surface area contributed by atoms with Gasteiger partial charge in [-0.1, -0.05) is 30.3 Å². The summed E-state index contributed by atoms with van der Waals surface area (Å²) < 4.78 is 2.86. The summed E-state index contributed by atoms with van der Waals surface area (Å²) in [5.41, 5.74) is 1.08. The van der Waals surface area contributed by atoms with E-state index in [4.69, 9.17) is 0 Å². The molecule has 8 nitrogen and oxygen atoms in total. The summed E-state index contributed by atoms with van der Waals surface area (Å²) in [5.74, 6) is 0.248. The van der Waals surface area contributed by atoms with E-state index in [9.17, 15) is 9.59 Å². The number of carbonyl (C=O) groups excluding carboxylic acids is 1. The molecule has 9 heteroatoms. The maximum Gasteiger partial charge on any atom is 0.270 e. The SMILES string of the molecule is O=C(NCCn1nc(-n2cccn2)ccc1=O)c1csc(-c2ccccc2)n1. The number of hydrogen-bond acceptors (Lipinski definition) is 6. The second-order valence-electron chi connectivity index (χ2n) is 5.86. The van der Waals surface area contributed by atoms with Gasteiger partial charge in [-0.05, 0) is 12.1 Å². The second-order valence-corrected chi connectivity index (χ2v) is 6.72. The molecule has 140 valence electrons. The van der Waals surface area contributed by atoms with Crippen LogP contribution in [-0.4, -0.2) is 37.0 Å². The van der Waals surface area contributed by atoms with Crippen molar-refractivity contribution in [3.8, 4) is 16.4 Å². The first-order valence-corrected chi connectivity index (χ1v) is 9.46. The van der Waals surface area contributed by atoms with Crippen LogP contribution in [0, 0.1) is 0 Å². The van der Waals surface area contributed by atoms with Crippen LogP contribution in [0.1, 0.15) is 10.5 Å². The van der Waals surface area contributed by atoms with Crippen molar-refractivity contribution in [3.63, 3.8) is 0 Å².